The number of fused-ring (bicyclic) bond motifs is 1. The van der Waals surface area contributed by atoms with Crippen molar-refractivity contribution in [1.29, 1.82) is 0 Å². The van der Waals surface area contributed by atoms with Crippen LogP contribution in [0.5, 0.6) is 0 Å². The fourth-order valence-corrected chi connectivity index (χ4v) is 5.22. The van der Waals surface area contributed by atoms with Gasteiger partial charge in [0.2, 0.25) is 0 Å². The fraction of sp³-hybridized carbons (Fsp3) is 0.462. The summed E-state index contributed by atoms with van der Waals surface area (Å²) in [6, 6.07) is 0.472. The molecule has 0 fully saturated rings. The van der Waals surface area contributed by atoms with E-state index in [1.165, 1.54) is 7.05 Å². The Morgan fingerprint density at radius 2 is 1.69 bits per heavy atom. The predicted molar refractivity (Wildman–Crippen MR) is 144 cm³/mol. The van der Waals surface area contributed by atoms with Gasteiger partial charge in [-0.3, -0.25) is 4.90 Å². The lowest BCUT2D eigenvalue weighted by atomic mass is 9.91. The zero-order valence-corrected chi connectivity index (χ0v) is 24.8. The maximum atomic E-state index is 13.9. The van der Waals surface area contributed by atoms with Gasteiger partial charge in [0, 0.05) is 19.0 Å². The van der Waals surface area contributed by atoms with Crippen molar-refractivity contribution in [3.8, 4) is 0 Å². The van der Waals surface area contributed by atoms with Crippen LogP contribution >= 0.6 is 0 Å². The molecule has 0 aliphatic carbocycles. The van der Waals surface area contributed by atoms with E-state index < -0.39 is 65.6 Å². The second kappa shape index (κ2) is 12.9. The van der Waals surface area contributed by atoms with Crippen molar-refractivity contribution in [2.45, 2.75) is 63.3 Å². The number of nitrogens with one attached hydrogen (secondary N) is 1. The number of hydrogen-bond acceptors (Lipinski definition) is 10. The number of rotatable bonds is 8. The number of alkyl halides is 9. The molecule has 0 bridgehead atoms. The number of benzene rings is 1. The van der Waals surface area contributed by atoms with E-state index in [2.05, 4.69) is 41.0 Å². The molecule has 22 heteroatoms. The zero-order valence-electron chi connectivity index (χ0n) is 24.8. The number of pyridine rings is 1. The minimum Gasteiger partial charge on any atom is -0.449 e. The fourth-order valence-electron chi connectivity index (χ4n) is 5.22. The van der Waals surface area contributed by atoms with Crippen LogP contribution in [0.3, 0.4) is 0 Å². The van der Waals surface area contributed by atoms with Crippen molar-refractivity contribution >= 4 is 17.7 Å². The second-order valence-electron chi connectivity index (χ2n) is 10.6. The van der Waals surface area contributed by atoms with Crippen molar-refractivity contribution in [3.05, 3.63) is 64.2 Å². The number of aromatic nitrogens is 9. The summed E-state index contributed by atoms with van der Waals surface area (Å²) in [6.45, 7) is 0.689. The molecule has 0 radical (unpaired) electrons. The van der Waals surface area contributed by atoms with Crippen LogP contribution in [-0.2, 0) is 43.3 Å². The molecule has 3 aromatic heterocycles. The molecule has 1 aliphatic heterocycles. The monoisotopic (exact) mass is 693 g/mol. The van der Waals surface area contributed by atoms with Gasteiger partial charge >= 0.3 is 24.6 Å². The van der Waals surface area contributed by atoms with E-state index >= 15 is 0 Å². The van der Waals surface area contributed by atoms with Gasteiger partial charge < -0.3 is 9.64 Å². The smallest absolute Gasteiger partial charge is 0.433 e. The lowest BCUT2D eigenvalue weighted by molar-refractivity contribution is -0.143. The van der Waals surface area contributed by atoms with Crippen LogP contribution in [0.25, 0.3) is 0 Å². The Morgan fingerprint density at radius 3 is 2.23 bits per heavy atom. The van der Waals surface area contributed by atoms with E-state index in [9.17, 15) is 44.3 Å². The summed E-state index contributed by atoms with van der Waals surface area (Å²) in [5.41, 5.74) is -5.57. The molecule has 1 N–H and O–H groups in total. The Hall–Kier alpha value is -5.05. The number of ether oxygens (including phenoxy) is 1. The maximum absolute atomic E-state index is 13.9. The van der Waals surface area contributed by atoms with Crippen LogP contribution < -0.4 is 9.80 Å². The van der Waals surface area contributed by atoms with E-state index in [0.29, 0.717) is 18.2 Å². The number of hydrogen-bond donors (Lipinski definition) is 1. The highest BCUT2D eigenvalue weighted by molar-refractivity contribution is 5.90. The van der Waals surface area contributed by atoms with Crippen LogP contribution in [0.2, 0.25) is 0 Å². The Morgan fingerprint density at radius 1 is 1.00 bits per heavy atom. The molecule has 1 aromatic carbocycles. The summed E-state index contributed by atoms with van der Waals surface area (Å²) < 4.78 is 129. The average molecular weight is 694 g/mol. The van der Waals surface area contributed by atoms with Crippen LogP contribution in [0.15, 0.2) is 30.3 Å². The predicted octanol–water partition coefficient (Wildman–Crippen LogP) is 5.29. The summed E-state index contributed by atoms with van der Waals surface area (Å²) in [4.78, 5) is 20.3. The number of amides is 1. The SMILES string of the molecule is CCC1CC(N(Cc2cc(C(F)(F)F)cc(C(F)(F)F)c2)c2nnn(C)n2)c2nc(C(F)(F)F)ccc2N1C(=O)OCCc1nn[nH]n1. The summed E-state index contributed by atoms with van der Waals surface area (Å²) in [6.07, 6.45) is -16.2. The standard InChI is InChI=1S/C26H24F9N11O2/c1-3-16-11-18(21-17(4-5-19(36-21)26(33,34)35)46(16)23(47)48-7-6-20-37-41-42-38-20)45(22-39-43-44(2)40-22)12-13-8-14(24(27,28)29)10-15(9-13)25(30,31)32/h4-5,8-10,16,18H,3,6-7,11-12H2,1-2H3,(H,37,38,41,42). The summed E-state index contributed by atoms with van der Waals surface area (Å²) in [5.74, 6) is -0.106. The van der Waals surface area contributed by atoms with Gasteiger partial charge in [0.25, 0.3) is 5.95 Å². The van der Waals surface area contributed by atoms with Crippen molar-refractivity contribution in [3.63, 3.8) is 0 Å². The lowest BCUT2D eigenvalue weighted by Gasteiger charge is -2.43. The number of aromatic amines is 1. The highest BCUT2D eigenvalue weighted by Crippen LogP contribution is 2.44. The lowest BCUT2D eigenvalue weighted by Crippen LogP contribution is -2.48. The number of halogens is 9. The van der Waals surface area contributed by atoms with Gasteiger partial charge in [-0.1, -0.05) is 17.2 Å². The first-order valence-electron chi connectivity index (χ1n) is 14.0. The van der Waals surface area contributed by atoms with Gasteiger partial charge in [-0.25, -0.2) is 9.78 Å². The number of tetrazole rings is 2. The first-order chi connectivity index (χ1) is 22.5. The highest BCUT2D eigenvalue weighted by Gasteiger charge is 2.44. The van der Waals surface area contributed by atoms with Gasteiger partial charge in [0.05, 0.1) is 35.6 Å². The van der Waals surface area contributed by atoms with Gasteiger partial charge in [-0.15, -0.1) is 15.3 Å². The minimum atomic E-state index is -5.16. The highest BCUT2D eigenvalue weighted by atomic mass is 19.4. The molecule has 2 atom stereocenters. The van der Waals surface area contributed by atoms with Crippen LogP contribution in [-0.4, -0.2) is 64.6 Å². The van der Waals surface area contributed by atoms with Gasteiger partial charge in [0.1, 0.15) is 12.3 Å². The average Bonchev–Trinajstić information content (AvgIpc) is 3.69. The van der Waals surface area contributed by atoms with Crippen molar-refractivity contribution in [2.24, 2.45) is 7.05 Å². The number of carbonyl (C=O) groups is 1. The molecule has 258 valence electrons. The number of nitrogens with zero attached hydrogens (tertiary/aromatic N) is 10. The molecule has 0 saturated heterocycles. The minimum absolute atomic E-state index is 0.0449. The largest absolute Gasteiger partial charge is 0.449 e. The summed E-state index contributed by atoms with van der Waals surface area (Å²) >= 11 is 0. The van der Waals surface area contributed by atoms with Gasteiger partial charge in [0.15, 0.2) is 5.82 Å². The van der Waals surface area contributed by atoms with E-state index in [4.69, 9.17) is 4.74 Å². The third-order valence-electron chi connectivity index (χ3n) is 7.37. The third-order valence-corrected chi connectivity index (χ3v) is 7.37. The topological polar surface area (TPSA) is 144 Å². The molecule has 4 aromatic rings. The molecular formula is C26H24F9N11O2. The number of H-pyrrole nitrogens is 1. The van der Waals surface area contributed by atoms with Crippen LogP contribution in [0, 0.1) is 0 Å². The summed E-state index contributed by atoms with van der Waals surface area (Å²) in [5, 5.41) is 24.7. The Balaban J connectivity index is 1.61. The zero-order chi connectivity index (χ0) is 35.0. The molecule has 1 aliphatic rings. The first kappa shape index (κ1) is 34.3. The molecule has 48 heavy (non-hydrogen) atoms. The summed E-state index contributed by atoms with van der Waals surface area (Å²) in [7, 11) is 1.33. The molecule has 13 nitrogen and oxygen atoms in total. The number of anilines is 2. The maximum Gasteiger partial charge on any atom is 0.433 e. The molecule has 5 rings (SSSR count). The molecular weight excluding hydrogens is 669 g/mol. The Labute approximate surface area is 264 Å². The van der Waals surface area contributed by atoms with E-state index in [0.717, 1.165) is 20.7 Å². The van der Waals surface area contributed by atoms with Crippen molar-refractivity contribution < 1.29 is 49.0 Å². The normalized spacial score (nSPS) is 16.9. The molecule has 2 unspecified atom stereocenters. The quantitative estimate of drug-likeness (QED) is 0.242. The molecule has 4 heterocycles. The van der Waals surface area contributed by atoms with E-state index in [-0.39, 0.29) is 55.1 Å². The molecule has 1 amide bonds. The molecule has 0 spiro atoms. The van der Waals surface area contributed by atoms with Crippen molar-refractivity contribution in [2.75, 3.05) is 16.4 Å². The van der Waals surface area contributed by atoms with Crippen LogP contribution in [0.1, 0.15) is 59.7 Å². The van der Waals surface area contributed by atoms with Gasteiger partial charge in [-0.2, -0.15) is 49.5 Å². The molecule has 0 saturated carbocycles. The first-order valence-corrected chi connectivity index (χ1v) is 14.0. The van der Waals surface area contributed by atoms with E-state index in [1.807, 2.05) is 0 Å². The number of aryl methyl sites for hydroxylation is 1. The Kier molecular flexibility index (Phi) is 9.19. The van der Waals surface area contributed by atoms with Crippen LogP contribution in [0.4, 0.5) is 55.9 Å². The van der Waals surface area contributed by atoms with Crippen molar-refractivity contribution in [1.82, 2.24) is 45.8 Å². The second-order valence-corrected chi connectivity index (χ2v) is 10.6. The Bertz CT molecular complexity index is 1710. The van der Waals surface area contributed by atoms with Gasteiger partial charge in [-0.05, 0) is 54.0 Å². The van der Waals surface area contributed by atoms with E-state index in [1.54, 1.807) is 6.92 Å². The number of carbonyl (C=O) groups excluding carboxylic acids is 1. The third kappa shape index (κ3) is 7.40.